The topological polar surface area (TPSA) is 74.9 Å². The van der Waals surface area contributed by atoms with E-state index in [0.717, 1.165) is 12.1 Å². The van der Waals surface area contributed by atoms with Gasteiger partial charge in [-0.25, -0.2) is 13.8 Å². The van der Waals surface area contributed by atoms with Gasteiger partial charge >= 0.3 is 0 Å². The molecule has 21 heavy (non-hydrogen) atoms. The number of rotatable bonds is 2. The number of nitrogens with zero attached hydrogens (tertiary/aromatic N) is 1. The van der Waals surface area contributed by atoms with Crippen LogP contribution in [0.4, 0.5) is 14.5 Å². The minimum atomic E-state index is -1.55. The van der Waals surface area contributed by atoms with Crippen LogP contribution in [0.1, 0.15) is 17.2 Å². The minimum absolute atomic E-state index is 0.228. The molecule has 7 heteroatoms. The molecule has 0 aliphatic heterocycles. The van der Waals surface area contributed by atoms with Crippen LogP contribution in [-0.4, -0.2) is 15.1 Å². The Labute approximate surface area is 123 Å². The molecule has 0 spiro atoms. The number of fused-ring (bicyclic) bond motifs is 1. The third-order valence-electron chi connectivity index (χ3n) is 3.28. The van der Waals surface area contributed by atoms with E-state index in [2.05, 4.69) is 9.97 Å². The van der Waals surface area contributed by atoms with Crippen molar-refractivity contribution in [2.24, 2.45) is 0 Å². The lowest BCUT2D eigenvalue weighted by Crippen LogP contribution is -2.07. The highest BCUT2D eigenvalue weighted by Gasteiger charge is 2.25. The molecule has 0 saturated carbocycles. The molecule has 108 valence electrons. The van der Waals surface area contributed by atoms with Crippen molar-refractivity contribution < 1.29 is 13.9 Å². The van der Waals surface area contributed by atoms with Gasteiger partial charge in [0.15, 0.2) is 5.82 Å². The molecule has 3 aromatic rings. The first kappa shape index (κ1) is 13.8. The van der Waals surface area contributed by atoms with E-state index >= 15 is 0 Å². The third-order valence-corrected chi connectivity index (χ3v) is 3.59. The number of halogens is 3. The average Bonchev–Trinajstić information content (AvgIpc) is 2.88. The first-order valence-electron chi connectivity index (χ1n) is 6.03. The Morgan fingerprint density at radius 2 is 2.05 bits per heavy atom. The number of hydrogen-bond acceptors (Lipinski definition) is 3. The van der Waals surface area contributed by atoms with Crippen molar-refractivity contribution in [1.82, 2.24) is 9.97 Å². The van der Waals surface area contributed by atoms with Crippen LogP contribution >= 0.6 is 11.6 Å². The molecule has 1 unspecified atom stereocenters. The molecule has 0 aliphatic carbocycles. The van der Waals surface area contributed by atoms with Gasteiger partial charge in [-0.05, 0) is 18.2 Å². The summed E-state index contributed by atoms with van der Waals surface area (Å²) >= 11 is 6.06. The second-order valence-corrected chi connectivity index (χ2v) is 4.93. The van der Waals surface area contributed by atoms with Gasteiger partial charge in [0.25, 0.3) is 0 Å². The Bertz CT molecular complexity index is 834. The number of H-pyrrole nitrogens is 1. The summed E-state index contributed by atoms with van der Waals surface area (Å²) in [6.45, 7) is 0. The number of hydrogen-bond donors (Lipinski definition) is 3. The Hall–Kier alpha value is -2.18. The number of nitrogens with two attached hydrogens (primary N) is 1. The zero-order chi connectivity index (χ0) is 15.1. The van der Waals surface area contributed by atoms with Crippen LogP contribution in [0.5, 0.6) is 0 Å². The maximum Gasteiger partial charge on any atom is 0.155 e. The SMILES string of the molecule is Nc1ccc(F)c(C(O)c2c[nH]c3nccc(Cl)c23)c1F. The van der Waals surface area contributed by atoms with Crippen LogP contribution in [0.2, 0.25) is 5.02 Å². The lowest BCUT2D eigenvalue weighted by atomic mass is 10.00. The van der Waals surface area contributed by atoms with E-state index in [9.17, 15) is 13.9 Å². The molecule has 0 fully saturated rings. The molecule has 4 N–H and O–H groups in total. The van der Waals surface area contributed by atoms with Gasteiger partial charge in [0, 0.05) is 23.3 Å². The second kappa shape index (κ2) is 4.98. The first-order chi connectivity index (χ1) is 10.0. The molecule has 0 aliphatic rings. The Balaban J connectivity index is 2.22. The number of nitrogens with one attached hydrogen (secondary N) is 1. The highest BCUT2D eigenvalue weighted by Crippen LogP contribution is 2.35. The van der Waals surface area contributed by atoms with E-state index in [4.69, 9.17) is 17.3 Å². The fourth-order valence-electron chi connectivity index (χ4n) is 2.25. The van der Waals surface area contributed by atoms with E-state index in [1.807, 2.05) is 0 Å². The van der Waals surface area contributed by atoms with Crippen molar-refractivity contribution in [3.8, 4) is 0 Å². The van der Waals surface area contributed by atoms with Gasteiger partial charge in [0.1, 0.15) is 17.6 Å². The lowest BCUT2D eigenvalue weighted by Gasteiger charge is -2.14. The summed E-state index contributed by atoms with van der Waals surface area (Å²) in [7, 11) is 0. The lowest BCUT2D eigenvalue weighted by molar-refractivity contribution is 0.211. The summed E-state index contributed by atoms with van der Waals surface area (Å²) in [5, 5.41) is 11.1. The Morgan fingerprint density at radius 3 is 2.81 bits per heavy atom. The van der Waals surface area contributed by atoms with Gasteiger partial charge in [-0.3, -0.25) is 0 Å². The molecule has 1 aromatic carbocycles. The van der Waals surface area contributed by atoms with Crippen LogP contribution in [0, 0.1) is 11.6 Å². The number of nitrogen functional groups attached to an aromatic ring is 1. The summed E-state index contributed by atoms with van der Waals surface area (Å²) < 4.78 is 27.9. The fraction of sp³-hybridized carbons (Fsp3) is 0.0714. The van der Waals surface area contributed by atoms with Crippen LogP contribution in [0.3, 0.4) is 0 Å². The molecule has 0 saturated heterocycles. The molecule has 1 atom stereocenters. The summed E-state index contributed by atoms with van der Waals surface area (Å²) in [6, 6.07) is 3.64. The summed E-state index contributed by atoms with van der Waals surface area (Å²) in [5.41, 5.74) is 5.31. The number of pyridine rings is 1. The molecule has 0 bridgehead atoms. The predicted molar refractivity (Wildman–Crippen MR) is 75.9 cm³/mol. The number of aliphatic hydroxyl groups is 1. The molecule has 0 amide bonds. The monoisotopic (exact) mass is 309 g/mol. The normalized spacial score (nSPS) is 12.8. The first-order valence-corrected chi connectivity index (χ1v) is 6.41. The minimum Gasteiger partial charge on any atom is -0.396 e. The summed E-state index contributed by atoms with van der Waals surface area (Å²) in [6.07, 6.45) is 1.35. The Kier molecular flexibility index (Phi) is 3.27. The van der Waals surface area contributed by atoms with Crippen LogP contribution < -0.4 is 5.73 Å². The van der Waals surface area contributed by atoms with E-state index in [1.54, 1.807) is 0 Å². The van der Waals surface area contributed by atoms with Gasteiger partial charge in [-0.2, -0.15) is 0 Å². The average molecular weight is 310 g/mol. The van der Waals surface area contributed by atoms with Crippen LogP contribution in [-0.2, 0) is 0 Å². The van der Waals surface area contributed by atoms with Crippen molar-refractivity contribution in [1.29, 1.82) is 0 Å². The zero-order valence-electron chi connectivity index (χ0n) is 10.6. The number of anilines is 1. The van der Waals surface area contributed by atoms with Crippen molar-refractivity contribution in [2.75, 3.05) is 5.73 Å². The predicted octanol–water partition coefficient (Wildman–Crippen LogP) is 3.16. The van der Waals surface area contributed by atoms with Gasteiger partial charge in [0.2, 0.25) is 0 Å². The smallest absolute Gasteiger partial charge is 0.155 e. The summed E-state index contributed by atoms with van der Waals surface area (Å²) in [5.74, 6) is -1.87. The maximum absolute atomic E-state index is 14.0. The quantitative estimate of drug-likeness (QED) is 0.637. The molecule has 2 heterocycles. The highest BCUT2D eigenvalue weighted by molar-refractivity contribution is 6.35. The maximum atomic E-state index is 14.0. The van der Waals surface area contributed by atoms with Gasteiger partial charge in [0.05, 0.1) is 16.3 Å². The highest BCUT2D eigenvalue weighted by atomic mass is 35.5. The summed E-state index contributed by atoms with van der Waals surface area (Å²) in [4.78, 5) is 6.84. The zero-order valence-corrected chi connectivity index (χ0v) is 11.3. The standard InChI is InChI=1S/C14H10ClF2N3O/c15-7-3-4-19-14-10(7)6(5-20-14)13(21)11-8(16)1-2-9(18)12(11)17/h1-5,13,21H,18H2,(H,19,20). The number of aliphatic hydroxyl groups excluding tert-OH is 1. The largest absolute Gasteiger partial charge is 0.396 e. The number of benzene rings is 1. The van der Waals surface area contributed by atoms with Gasteiger partial charge in [-0.15, -0.1) is 0 Å². The van der Waals surface area contributed by atoms with Crippen molar-refractivity contribution in [3.05, 3.63) is 58.4 Å². The molecule has 4 nitrogen and oxygen atoms in total. The molecular formula is C14H10ClF2N3O. The third kappa shape index (κ3) is 2.12. The van der Waals surface area contributed by atoms with Gasteiger partial charge in [-0.1, -0.05) is 11.6 Å². The Morgan fingerprint density at radius 1 is 1.29 bits per heavy atom. The van der Waals surface area contributed by atoms with Gasteiger partial charge < -0.3 is 15.8 Å². The van der Waals surface area contributed by atoms with Crippen molar-refractivity contribution >= 4 is 28.3 Å². The number of aromatic nitrogens is 2. The molecule has 3 rings (SSSR count). The van der Waals surface area contributed by atoms with Crippen molar-refractivity contribution in [3.63, 3.8) is 0 Å². The molecule has 2 aromatic heterocycles. The van der Waals surface area contributed by atoms with Crippen LogP contribution in [0.15, 0.2) is 30.6 Å². The molecule has 0 radical (unpaired) electrons. The van der Waals surface area contributed by atoms with Crippen LogP contribution in [0.25, 0.3) is 11.0 Å². The van der Waals surface area contributed by atoms with E-state index in [0.29, 0.717) is 16.1 Å². The number of aromatic amines is 1. The van der Waals surface area contributed by atoms with E-state index < -0.39 is 23.3 Å². The van der Waals surface area contributed by atoms with E-state index in [1.165, 1.54) is 18.5 Å². The molecular weight excluding hydrogens is 300 g/mol. The second-order valence-electron chi connectivity index (χ2n) is 4.53. The van der Waals surface area contributed by atoms with E-state index in [-0.39, 0.29) is 11.3 Å². The fourth-order valence-corrected chi connectivity index (χ4v) is 2.50. The van der Waals surface area contributed by atoms with Crippen molar-refractivity contribution in [2.45, 2.75) is 6.10 Å².